The van der Waals surface area contributed by atoms with Gasteiger partial charge >= 0.3 is 5.97 Å². The molecule has 4 nitrogen and oxygen atoms in total. The molecule has 0 aromatic heterocycles. The number of hydrogen-bond donors (Lipinski definition) is 1. The van der Waals surface area contributed by atoms with Crippen LogP contribution in [-0.2, 0) is 14.3 Å². The first-order valence-electron chi connectivity index (χ1n) is 4.62. The summed E-state index contributed by atoms with van der Waals surface area (Å²) >= 11 is 1.63. The van der Waals surface area contributed by atoms with Crippen molar-refractivity contribution in [3.05, 3.63) is 0 Å². The molecule has 0 fully saturated rings. The van der Waals surface area contributed by atoms with E-state index in [1.54, 1.807) is 18.7 Å². The van der Waals surface area contributed by atoms with Crippen LogP contribution >= 0.6 is 11.8 Å². The van der Waals surface area contributed by atoms with Crippen molar-refractivity contribution in [3.8, 4) is 0 Å². The molecule has 0 saturated heterocycles. The maximum atomic E-state index is 11.1. The van der Waals surface area contributed by atoms with Crippen LogP contribution in [-0.4, -0.2) is 37.0 Å². The van der Waals surface area contributed by atoms with Crippen LogP contribution in [0.5, 0.6) is 0 Å². The maximum absolute atomic E-state index is 11.1. The molecule has 0 aliphatic heterocycles. The Bertz CT molecular complexity index is 185. The molecule has 0 aliphatic carbocycles. The summed E-state index contributed by atoms with van der Waals surface area (Å²) in [5, 5.41) is 2.65. The van der Waals surface area contributed by atoms with Crippen LogP contribution in [0.25, 0.3) is 0 Å². The minimum Gasteiger partial charge on any atom is -0.466 e. The molecule has 14 heavy (non-hydrogen) atoms. The summed E-state index contributed by atoms with van der Waals surface area (Å²) in [7, 11) is 0. The smallest absolute Gasteiger partial charge is 0.307 e. The van der Waals surface area contributed by atoms with Crippen molar-refractivity contribution in [2.75, 3.05) is 25.2 Å². The lowest BCUT2D eigenvalue weighted by molar-refractivity contribution is -0.143. The maximum Gasteiger partial charge on any atom is 0.307 e. The summed E-state index contributed by atoms with van der Waals surface area (Å²) in [5.41, 5.74) is 0. The zero-order valence-corrected chi connectivity index (χ0v) is 9.49. The number of carbonyl (C=O) groups excluding carboxylic acids is 2. The lowest BCUT2D eigenvalue weighted by Crippen LogP contribution is -2.26. The number of ether oxygens (including phenoxy) is 1. The summed E-state index contributed by atoms with van der Waals surface area (Å²) < 4.78 is 4.71. The van der Waals surface area contributed by atoms with Gasteiger partial charge in [-0.2, -0.15) is 11.8 Å². The second kappa shape index (κ2) is 8.87. The molecule has 1 amide bonds. The third kappa shape index (κ3) is 7.91. The SMILES string of the molecule is CCOC(=O)CCNC(=O)CCSC. The molecule has 0 heterocycles. The Morgan fingerprint density at radius 3 is 2.64 bits per heavy atom. The highest BCUT2D eigenvalue weighted by atomic mass is 32.2. The first-order chi connectivity index (χ1) is 6.70. The summed E-state index contributed by atoms with van der Waals surface area (Å²) in [6.07, 6.45) is 2.70. The summed E-state index contributed by atoms with van der Waals surface area (Å²) in [4.78, 5) is 21.9. The van der Waals surface area contributed by atoms with Gasteiger partial charge in [-0.05, 0) is 13.2 Å². The van der Waals surface area contributed by atoms with Gasteiger partial charge in [-0.15, -0.1) is 0 Å². The van der Waals surface area contributed by atoms with Gasteiger partial charge in [0.15, 0.2) is 0 Å². The van der Waals surface area contributed by atoms with Gasteiger partial charge in [0.05, 0.1) is 13.0 Å². The van der Waals surface area contributed by atoms with E-state index in [0.29, 0.717) is 19.6 Å². The first kappa shape index (κ1) is 13.3. The van der Waals surface area contributed by atoms with Crippen molar-refractivity contribution < 1.29 is 14.3 Å². The number of thioether (sulfide) groups is 1. The van der Waals surface area contributed by atoms with Crippen molar-refractivity contribution in [1.82, 2.24) is 5.32 Å². The molecule has 0 atom stereocenters. The summed E-state index contributed by atoms with van der Waals surface area (Å²) in [5.74, 6) is 0.534. The Balaban J connectivity index is 3.34. The van der Waals surface area contributed by atoms with Crippen LogP contribution in [0.15, 0.2) is 0 Å². The predicted molar refractivity (Wildman–Crippen MR) is 57.3 cm³/mol. The van der Waals surface area contributed by atoms with E-state index in [-0.39, 0.29) is 18.3 Å². The van der Waals surface area contributed by atoms with E-state index in [9.17, 15) is 9.59 Å². The second-order valence-corrected chi connectivity index (χ2v) is 3.63. The molecule has 1 N–H and O–H groups in total. The largest absolute Gasteiger partial charge is 0.466 e. The number of amides is 1. The first-order valence-corrected chi connectivity index (χ1v) is 6.01. The summed E-state index contributed by atoms with van der Waals surface area (Å²) in [6, 6.07) is 0. The monoisotopic (exact) mass is 219 g/mol. The van der Waals surface area contributed by atoms with E-state index < -0.39 is 0 Å². The molecule has 0 aliphatic rings. The van der Waals surface area contributed by atoms with Crippen molar-refractivity contribution >= 4 is 23.6 Å². The zero-order chi connectivity index (χ0) is 10.8. The van der Waals surface area contributed by atoms with Gasteiger partial charge in [0.2, 0.25) is 5.91 Å². The van der Waals surface area contributed by atoms with E-state index in [1.807, 2.05) is 6.26 Å². The van der Waals surface area contributed by atoms with Crippen molar-refractivity contribution in [2.24, 2.45) is 0 Å². The Labute approximate surface area is 88.8 Å². The van der Waals surface area contributed by atoms with Gasteiger partial charge in [-0.1, -0.05) is 0 Å². The van der Waals surface area contributed by atoms with Crippen molar-refractivity contribution in [3.63, 3.8) is 0 Å². The molecule has 0 radical (unpaired) electrons. The number of nitrogens with one attached hydrogen (secondary N) is 1. The number of carbonyl (C=O) groups is 2. The number of esters is 1. The fraction of sp³-hybridized carbons (Fsp3) is 0.778. The number of rotatable bonds is 7. The van der Waals surface area contributed by atoms with E-state index in [2.05, 4.69) is 5.32 Å². The van der Waals surface area contributed by atoms with Gasteiger partial charge < -0.3 is 10.1 Å². The molecule has 0 aromatic rings. The normalized spacial score (nSPS) is 9.57. The Morgan fingerprint density at radius 1 is 1.36 bits per heavy atom. The molecule has 0 aromatic carbocycles. The Hall–Kier alpha value is -0.710. The van der Waals surface area contributed by atoms with Crippen molar-refractivity contribution in [1.29, 1.82) is 0 Å². The quantitative estimate of drug-likeness (QED) is 0.644. The highest BCUT2D eigenvalue weighted by Crippen LogP contribution is 1.94. The van der Waals surface area contributed by atoms with Gasteiger partial charge in [0.25, 0.3) is 0 Å². The zero-order valence-electron chi connectivity index (χ0n) is 8.67. The van der Waals surface area contributed by atoms with Gasteiger partial charge in [-0.3, -0.25) is 9.59 Å². The minimum absolute atomic E-state index is 0.0105. The Morgan fingerprint density at radius 2 is 2.07 bits per heavy atom. The lowest BCUT2D eigenvalue weighted by Gasteiger charge is -2.04. The van der Waals surface area contributed by atoms with Gasteiger partial charge in [-0.25, -0.2) is 0 Å². The van der Waals surface area contributed by atoms with Crippen molar-refractivity contribution in [2.45, 2.75) is 19.8 Å². The Kier molecular flexibility index (Phi) is 8.42. The average molecular weight is 219 g/mol. The van der Waals surface area contributed by atoms with Crippen LogP contribution in [0.4, 0.5) is 0 Å². The van der Waals surface area contributed by atoms with Crippen LogP contribution in [0.2, 0.25) is 0 Å². The van der Waals surface area contributed by atoms with E-state index in [1.165, 1.54) is 0 Å². The fourth-order valence-electron chi connectivity index (χ4n) is 0.820. The van der Waals surface area contributed by atoms with E-state index in [0.717, 1.165) is 5.75 Å². The average Bonchev–Trinajstić information content (AvgIpc) is 2.15. The van der Waals surface area contributed by atoms with Crippen LogP contribution < -0.4 is 5.32 Å². The lowest BCUT2D eigenvalue weighted by atomic mass is 10.4. The molecular formula is C9H17NO3S. The number of hydrogen-bond acceptors (Lipinski definition) is 4. The summed E-state index contributed by atoms with van der Waals surface area (Å²) in [6.45, 7) is 2.51. The predicted octanol–water partition coefficient (Wildman–Crippen LogP) is 0.809. The molecule has 82 valence electrons. The highest BCUT2D eigenvalue weighted by Gasteiger charge is 2.03. The van der Waals surface area contributed by atoms with Gasteiger partial charge in [0, 0.05) is 18.7 Å². The highest BCUT2D eigenvalue weighted by molar-refractivity contribution is 7.98. The molecule has 0 rings (SSSR count). The molecule has 0 unspecified atom stereocenters. The van der Waals surface area contributed by atoms with Gasteiger partial charge in [0.1, 0.15) is 0 Å². The third-order valence-electron chi connectivity index (χ3n) is 1.49. The molecule has 0 bridgehead atoms. The second-order valence-electron chi connectivity index (χ2n) is 2.65. The molecule has 5 heteroatoms. The minimum atomic E-state index is -0.266. The van der Waals surface area contributed by atoms with Crippen LogP contribution in [0, 0.1) is 0 Å². The third-order valence-corrected chi connectivity index (χ3v) is 2.10. The van der Waals surface area contributed by atoms with E-state index >= 15 is 0 Å². The standard InChI is InChI=1S/C9H17NO3S/c1-3-13-9(12)4-6-10-8(11)5-7-14-2/h3-7H2,1-2H3,(H,10,11). The van der Waals surface area contributed by atoms with Crippen LogP contribution in [0.1, 0.15) is 19.8 Å². The molecular weight excluding hydrogens is 202 g/mol. The molecule has 0 spiro atoms. The van der Waals surface area contributed by atoms with E-state index in [4.69, 9.17) is 4.74 Å². The topological polar surface area (TPSA) is 55.4 Å². The fourth-order valence-corrected chi connectivity index (χ4v) is 1.21. The van der Waals surface area contributed by atoms with Crippen LogP contribution in [0.3, 0.4) is 0 Å². The molecule has 0 saturated carbocycles.